The number of anilines is 1. The maximum absolute atomic E-state index is 13.2. The molecule has 0 radical (unpaired) electrons. The molecule has 0 spiro atoms. The third-order valence-electron chi connectivity index (χ3n) is 4.32. The fourth-order valence-electron chi connectivity index (χ4n) is 3.19. The summed E-state index contributed by atoms with van der Waals surface area (Å²) < 4.78 is 0. The second kappa shape index (κ2) is 6.85. The number of hydrogen-bond acceptors (Lipinski definition) is 4. The van der Waals surface area contributed by atoms with Gasteiger partial charge in [0.05, 0.1) is 11.3 Å². The maximum atomic E-state index is 13.2. The molecule has 1 amide bonds. The predicted octanol–water partition coefficient (Wildman–Crippen LogP) is 4.57. The number of benzene rings is 3. The zero-order chi connectivity index (χ0) is 19.0. The van der Waals surface area contributed by atoms with Crippen LogP contribution >= 0.6 is 11.8 Å². The Balaban J connectivity index is 1.93. The van der Waals surface area contributed by atoms with Crippen molar-refractivity contribution < 1.29 is 14.4 Å². The topological polar surface area (TPSA) is 63.2 Å². The SMILES string of the molecule is CC(=O)Nc1ccc(Sc2ccccc2)c2c1C(=O)c1ccccc1C2=O. The predicted molar refractivity (Wildman–Crippen MR) is 105 cm³/mol. The van der Waals surface area contributed by atoms with Gasteiger partial charge in [-0.3, -0.25) is 14.4 Å². The van der Waals surface area contributed by atoms with Crippen molar-refractivity contribution in [3.63, 3.8) is 0 Å². The molecule has 3 aromatic carbocycles. The van der Waals surface area contributed by atoms with E-state index in [-0.39, 0.29) is 23.0 Å². The quantitative estimate of drug-likeness (QED) is 0.571. The number of nitrogens with one attached hydrogen (secondary N) is 1. The summed E-state index contributed by atoms with van der Waals surface area (Å²) in [5.74, 6) is -0.745. The first kappa shape index (κ1) is 17.2. The lowest BCUT2D eigenvalue weighted by Crippen LogP contribution is -2.24. The van der Waals surface area contributed by atoms with Gasteiger partial charge in [-0.2, -0.15) is 0 Å². The number of fused-ring (bicyclic) bond motifs is 2. The fraction of sp³-hybridized carbons (Fsp3) is 0.0455. The molecule has 0 unspecified atom stereocenters. The van der Waals surface area contributed by atoms with Gasteiger partial charge in [0.25, 0.3) is 0 Å². The van der Waals surface area contributed by atoms with E-state index in [9.17, 15) is 14.4 Å². The largest absolute Gasteiger partial charge is 0.326 e. The number of rotatable bonds is 3. The van der Waals surface area contributed by atoms with Crippen molar-refractivity contribution >= 4 is 34.9 Å². The van der Waals surface area contributed by atoms with Gasteiger partial charge in [0, 0.05) is 33.4 Å². The number of amides is 1. The summed E-state index contributed by atoms with van der Waals surface area (Å²) in [6.45, 7) is 1.38. The highest BCUT2D eigenvalue weighted by atomic mass is 32.2. The minimum atomic E-state index is -0.292. The second-order valence-electron chi connectivity index (χ2n) is 6.16. The van der Waals surface area contributed by atoms with Crippen LogP contribution in [-0.4, -0.2) is 17.5 Å². The van der Waals surface area contributed by atoms with Crippen LogP contribution in [0.1, 0.15) is 38.8 Å². The highest BCUT2D eigenvalue weighted by Gasteiger charge is 2.34. The molecule has 0 bridgehead atoms. The van der Waals surface area contributed by atoms with Crippen molar-refractivity contribution in [3.8, 4) is 0 Å². The summed E-state index contributed by atoms with van der Waals surface area (Å²) in [6, 6.07) is 19.9. The summed E-state index contributed by atoms with van der Waals surface area (Å²) in [7, 11) is 0. The van der Waals surface area contributed by atoms with Gasteiger partial charge >= 0.3 is 0 Å². The summed E-state index contributed by atoms with van der Waals surface area (Å²) in [5, 5.41) is 2.68. The lowest BCUT2D eigenvalue weighted by Gasteiger charge is -2.22. The summed E-state index contributed by atoms with van der Waals surface area (Å²) in [6.07, 6.45) is 0. The Bertz CT molecular complexity index is 1090. The molecule has 0 saturated carbocycles. The normalized spacial score (nSPS) is 12.3. The average Bonchev–Trinajstić information content (AvgIpc) is 2.67. The van der Waals surface area contributed by atoms with E-state index >= 15 is 0 Å². The number of ketones is 2. The lowest BCUT2D eigenvalue weighted by molar-refractivity contribution is -0.114. The minimum Gasteiger partial charge on any atom is -0.326 e. The van der Waals surface area contributed by atoms with Crippen LogP contribution in [0.2, 0.25) is 0 Å². The Morgan fingerprint density at radius 3 is 2.00 bits per heavy atom. The monoisotopic (exact) mass is 373 g/mol. The molecule has 0 aromatic heterocycles. The first-order valence-corrected chi connectivity index (χ1v) is 9.24. The minimum absolute atomic E-state index is 0.203. The zero-order valence-electron chi connectivity index (χ0n) is 14.5. The van der Waals surface area contributed by atoms with Crippen LogP contribution in [0.3, 0.4) is 0 Å². The van der Waals surface area contributed by atoms with Gasteiger partial charge in [-0.25, -0.2) is 0 Å². The molecule has 0 saturated heterocycles. The van der Waals surface area contributed by atoms with Crippen molar-refractivity contribution in [2.75, 3.05) is 5.32 Å². The van der Waals surface area contributed by atoms with E-state index in [0.29, 0.717) is 27.3 Å². The first-order valence-electron chi connectivity index (χ1n) is 8.42. The van der Waals surface area contributed by atoms with E-state index in [2.05, 4.69) is 5.32 Å². The molecule has 1 aliphatic carbocycles. The smallest absolute Gasteiger partial charge is 0.221 e. The van der Waals surface area contributed by atoms with Gasteiger partial charge in [-0.1, -0.05) is 54.2 Å². The molecule has 5 heteroatoms. The van der Waals surface area contributed by atoms with E-state index in [1.807, 2.05) is 30.3 Å². The number of carbonyl (C=O) groups excluding carboxylic acids is 3. The lowest BCUT2D eigenvalue weighted by atomic mass is 9.83. The molecule has 132 valence electrons. The molecule has 0 atom stereocenters. The molecule has 4 rings (SSSR count). The number of hydrogen-bond donors (Lipinski definition) is 1. The van der Waals surface area contributed by atoms with E-state index in [4.69, 9.17) is 0 Å². The zero-order valence-corrected chi connectivity index (χ0v) is 15.3. The molecule has 1 aliphatic rings. The first-order chi connectivity index (χ1) is 13.1. The molecule has 0 aliphatic heterocycles. The Hall–Kier alpha value is -3.18. The Morgan fingerprint density at radius 1 is 0.778 bits per heavy atom. The maximum Gasteiger partial charge on any atom is 0.221 e. The summed E-state index contributed by atoms with van der Waals surface area (Å²) in [5.41, 5.74) is 1.73. The average molecular weight is 373 g/mol. The van der Waals surface area contributed by atoms with Crippen molar-refractivity contribution in [1.29, 1.82) is 0 Å². The highest BCUT2D eigenvalue weighted by molar-refractivity contribution is 7.99. The molecule has 27 heavy (non-hydrogen) atoms. The third kappa shape index (κ3) is 3.06. The highest BCUT2D eigenvalue weighted by Crippen LogP contribution is 2.40. The van der Waals surface area contributed by atoms with Crippen LogP contribution < -0.4 is 5.32 Å². The van der Waals surface area contributed by atoms with Crippen LogP contribution in [0.25, 0.3) is 0 Å². The van der Waals surface area contributed by atoms with E-state index in [1.165, 1.54) is 18.7 Å². The van der Waals surface area contributed by atoms with E-state index in [0.717, 1.165) is 4.90 Å². The van der Waals surface area contributed by atoms with Gasteiger partial charge in [0.1, 0.15) is 0 Å². The van der Waals surface area contributed by atoms with Crippen molar-refractivity contribution in [2.45, 2.75) is 16.7 Å². The summed E-state index contributed by atoms with van der Waals surface area (Å²) in [4.78, 5) is 39.6. The molecular weight excluding hydrogens is 358 g/mol. The fourth-order valence-corrected chi connectivity index (χ4v) is 4.17. The number of carbonyl (C=O) groups is 3. The van der Waals surface area contributed by atoms with Gasteiger partial charge in [-0.15, -0.1) is 0 Å². The van der Waals surface area contributed by atoms with E-state index in [1.54, 1.807) is 36.4 Å². The van der Waals surface area contributed by atoms with Crippen LogP contribution in [0, 0.1) is 0 Å². The van der Waals surface area contributed by atoms with Crippen molar-refractivity contribution in [3.05, 3.63) is 89.0 Å². The van der Waals surface area contributed by atoms with Gasteiger partial charge < -0.3 is 5.32 Å². The van der Waals surface area contributed by atoms with Crippen LogP contribution in [0.5, 0.6) is 0 Å². The van der Waals surface area contributed by atoms with Crippen molar-refractivity contribution in [2.24, 2.45) is 0 Å². The molecule has 4 nitrogen and oxygen atoms in total. The second-order valence-corrected chi connectivity index (χ2v) is 7.28. The Kier molecular flexibility index (Phi) is 4.38. The molecule has 1 N–H and O–H groups in total. The van der Waals surface area contributed by atoms with Gasteiger partial charge in [-0.05, 0) is 24.3 Å². The molecule has 3 aromatic rings. The van der Waals surface area contributed by atoms with Crippen LogP contribution in [-0.2, 0) is 4.79 Å². The third-order valence-corrected chi connectivity index (χ3v) is 5.39. The van der Waals surface area contributed by atoms with Crippen molar-refractivity contribution in [1.82, 2.24) is 0 Å². The molecule has 0 fully saturated rings. The van der Waals surface area contributed by atoms with Gasteiger partial charge in [0.15, 0.2) is 11.6 Å². The Labute approximate surface area is 160 Å². The summed E-state index contributed by atoms with van der Waals surface area (Å²) >= 11 is 1.42. The van der Waals surface area contributed by atoms with Gasteiger partial charge in [0.2, 0.25) is 5.91 Å². The standard InChI is InChI=1S/C22H15NO3S/c1-13(24)23-17-11-12-18(27-14-7-3-2-4-8-14)20-19(17)21(25)15-9-5-6-10-16(15)22(20)26/h2-12H,1H3,(H,23,24). The van der Waals surface area contributed by atoms with E-state index < -0.39 is 0 Å². The van der Waals surface area contributed by atoms with Crippen LogP contribution in [0.15, 0.2) is 76.5 Å². The Morgan fingerprint density at radius 2 is 1.37 bits per heavy atom. The molecule has 0 heterocycles. The molecular formula is C22H15NO3S. The van der Waals surface area contributed by atoms with Crippen LogP contribution in [0.4, 0.5) is 5.69 Å².